The van der Waals surface area contributed by atoms with E-state index < -0.39 is 6.04 Å². The Hall–Kier alpha value is -1.83. The minimum Gasteiger partial charge on any atom is -0.363 e. The van der Waals surface area contributed by atoms with E-state index in [2.05, 4.69) is 20.7 Å². The number of nitrogens with zero attached hydrogens (tertiary/aromatic N) is 4. The van der Waals surface area contributed by atoms with Gasteiger partial charge < -0.3 is 15.5 Å². The maximum absolute atomic E-state index is 12.3. The highest BCUT2D eigenvalue weighted by atomic mass is 35.5. The lowest BCUT2D eigenvalue weighted by Gasteiger charge is -2.15. The Morgan fingerprint density at radius 2 is 2.00 bits per heavy atom. The number of carbonyl (C=O) groups excluding carboxylic acids is 1. The smallest absolute Gasteiger partial charge is 0.242 e. The molecule has 0 aliphatic carbocycles. The molecule has 24 heavy (non-hydrogen) atoms. The molecule has 0 saturated heterocycles. The van der Waals surface area contributed by atoms with Crippen LogP contribution >= 0.6 is 24.8 Å². The zero-order valence-corrected chi connectivity index (χ0v) is 15.8. The monoisotopic (exact) mass is 374 g/mol. The molecule has 1 amide bonds. The van der Waals surface area contributed by atoms with E-state index in [0.717, 1.165) is 16.9 Å². The van der Waals surface area contributed by atoms with Gasteiger partial charge in [0.05, 0.1) is 6.20 Å². The molecule has 0 aliphatic heterocycles. The molecule has 2 rings (SSSR count). The highest BCUT2D eigenvalue weighted by Gasteiger charge is 2.19. The Bertz CT molecular complexity index is 629. The lowest BCUT2D eigenvalue weighted by Crippen LogP contribution is -2.35. The average molecular weight is 375 g/mol. The Kier molecular flexibility index (Phi) is 9.35. The summed E-state index contributed by atoms with van der Waals surface area (Å²) in [7, 11) is 7.46. The minimum absolute atomic E-state index is 0. The van der Waals surface area contributed by atoms with Crippen LogP contribution in [0.3, 0.4) is 0 Å². The predicted molar refractivity (Wildman–Crippen MR) is 99.9 cm³/mol. The Labute approximate surface area is 154 Å². The largest absolute Gasteiger partial charge is 0.363 e. The molecule has 0 saturated carbocycles. The van der Waals surface area contributed by atoms with Gasteiger partial charge in [-0.1, -0.05) is 6.07 Å². The predicted octanol–water partition coefficient (Wildman–Crippen LogP) is 1.30. The van der Waals surface area contributed by atoms with Crippen molar-refractivity contribution in [2.24, 2.45) is 7.05 Å². The summed E-state index contributed by atoms with van der Waals surface area (Å²) in [6.45, 7) is 0.442. The molecule has 134 valence electrons. The van der Waals surface area contributed by atoms with Gasteiger partial charge in [0.2, 0.25) is 5.91 Å². The van der Waals surface area contributed by atoms with Crippen molar-refractivity contribution >= 4 is 36.5 Å². The van der Waals surface area contributed by atoms with Gasteiger partial charge in [0.1, 0.15) is 11.9 Å². The lowest BCUT2D eigenvalue weighted by molar-refractivity contribution is -0.123. The molecule has 0 bridgehead atoms. The van der Waals surface area contributed by atoms with Gasteiger partial charge in [-0.15, -0.1) is 24.8 Å². The summed E-state index contributed by atoms with van der Waals surface area (Å²) in [6, 6.07) is 3.47. The molecule has 0 spiro atoms. The topological polar surface area (TPSA) is 75.1 Å². The van der Waals surface area contributed by atoms with Gasteiger partial charge in [-0.25, -0.2) is 4.98 Å². The molecule has 2 heterocycles. The van der Waals surface area contributed by atoms with Crippen LogP contribution in [0.15, 0.2) is 30.7 Å². The molecule has 7 nitrogen and oxygen atoms in total. The molecule has 0 radical (unpaired) electrons. The van der Waals surface area contributed by atoms with Crippen molar-refractivity contribution in [1.29, 1.82) is 0 Å². The highest BCUT2D eigenvalue weighted by Crippen LogP contribution is 2.12. The van der Waals surface area contributed by atoms with Crippen molar-refractivity contribution in [3.63, 3.8) is 0 Å². The van der Waals surface area contributed by atoms with Crippen LogP contribution in [0.25, 0.3) is 0 Å². The van der Waals surface area contributed by atoms with Gasteiger partial charge in [-0.3, -0.25) is 9.48 Å². The number of pyridine rings is 1. The third-order valence-corrected chi connectivity index (χ3v) is 3.34. The van der Waals surface area contributed by atoms with E-state index in [1.807, 2.05) is 44.4 Å². The molecule has 0 fully saturated rings. The number of halogens is 2. The summed E-state index contributed by atoms with van der Waals surface area (Å²) in [5.41, 5.74) is 1.79. The first-order valence-corrected chi connectivity index (χ1v) is 7.07. The summed E-state index contributed by atoms with van der Waals surface area (Å²) in [5, 5.41) is 10.0. The molecule has 1 unspecified atom stereocenters. The summed E-state index contributed by atoms with van der Waals surface area (Å²) < 4.78 is 1.68. The quantitative estimate of drug-likeness (QED) is 0.796. The van der Waals surface area contributed by atoms with Crippen molar-refractivity contribution in [3.8, 4) is 0 Å². The van der Waals surface area contributed by atoms with Crippen molar-refractivity contribution in [1.82, 2.24) is 25.4 Å². The molecule has 0 aliphatic rings. The number of nitrogens with one attached hydrogen (secondary N) is 2. The molecule has 9 heteroatoms. The summed E-state index contributed by atoms with van der Waals surface area (Å²) in [6.07, 6.45) is 5.29. The fourth-order valence-corrected chi connectivity index (χ4v) is 2.12. The van der Waals surface area contributed by atoms with Crippen molar-refractivity contribution in [2.45, 2.75) is 12.6 Å². The van der Waals surface area contributed by atoms with E-state index in [0.29, 0.717) is 6.54 Å². The van der Waals surface area contributed by atoms with Gasteiger partial charge >= 0.3 is 0 Å². The van der Waals surface area contributed by atoms with Crippen LogP contribution in [0.4, 0.5) is 5.82 Å². The first kappa shape index (κ1) is 22.2. The van der Waals surface area contributed by atoms with Crippen LogP contribution in [0.5, 0.6) is 0 Å². The van der Waals surface area contributed by atoms with Gasteiger partial charge in [-0.2, -0.15) is 5.10 Å². The van der Waals surface area contributed by atoms with Crippen LogP contribution in [0.1, 0.15) is 17.2 Å². The highest BCUT2D eigenvalue weighted by molar-refractivity contribution is 5.85. The van der Waals surface area contributed by atoms with Crippen molar-refractivity contribution < 1.29 is 4.79 Å². The van der Waals surface area contributed by atoms with E-state index in [-0.39, 0.29) is 30.7 Å². The van der Waals surface area contributed by atoms with Gasteiger partial charge in [-0.05, 0) is 18.7 Å². The number of aromatic nitrogens is 3. The number of aryl methyl sites for hydroxylation is 1. The van der Waals surface area contributed by atoms with E-state index in [1.165, 1.54) is 0 Å². The van der Waals surface area contributed by atoms with Crippen LogP contribution in [0, 0.1) is 0 Å². The molecule has 2 aromatic heterocycles. The third-order valence-electron chi connectivity index (χ3n) is 3.34. The second-order valence-electron chi connectivity index (χ2n) is 5.31. The van der Waals surface area contributed by atoms with Crippen LogP contribution in [-0.4, -0.2) is 41.8 Å². The SMILES string of the molecule is CNC(C(=O)NCc1ccc(N(C)C)nc1)c1cnn(C)c1.Cl.Cl. The van der Waals surface area contributed by atoms with Crippen molar-refractivity contribution in [2.75, 3.05) is 26.0 Å². The van der Waals surface area contributed by atoms with Crippen LogP contribution < -0.4 is 15.5 Å². The van der Waals surface area contributed by atoms with Gasteiger partial charge in [0.25, 0.3) is 0 Å². The maximum Gasteiger partial charge on any atom is 0.242 e. The normalized spacial score (nSPS) is 11.0. The molecular weight excluding hydrogens is 351 g/mol. The van der Waals surface area contributed by atoms with Crippen LogP contribution in [-0.2, 0) is 18.4 Å². The first-order chi connectivity index (χ1) is 10.5. The number of amides is 1. The van der Waals surface area contributed by atoms with E-state index >= 15 is 0 Å². The average Bonchev–Trinajstić information content (AvgIpc) is 2.92. The third kappa shape index (κ3) is 5.67. The van der Waals surface area contributed by atoms with Gasteiger partial charge in [0, 0.05) is 45.6 Å². The maximum atomic E-state index is 12.3. The fourth-order valence-electron chi connectivity index (χ4n) is 2.12. The number of anilines is 1. The standard InChI is InChI=1S/C15H22N6O.2ClH/c1-16-14(12-9-19-21(4)10-12)15(22)18-8-11-5-6-13(17-7-11)20(2)3;;/h5-7,9-10,14,16H,8H2,1-4H3,(H,18,22);2*1H. The zero-order chi connectivity index (χ0) is 16.1. The van der Waals surface area contributed by atoms with E-state index in [1.54, 1.807) is 24.1 Å². The summed E-state index contributed by atoms with van der Waals surface area (Å²) in [5.74, 6) is 0.797. The second-order valence-corrected chi connectivity index (χ2v) is 5.31. The minimum atomic E-state index is -0.414. The number of hydrogen-bond donors (Lipinski definition) is 2. The zero-order valence-electron chi connectivity index (χ0n) is 14.2. The van der Waals surface area contributed by atoms with Crippen LogP contribution in [0.2, 0.25) is 0 Å². The summed E-state index contributed by atoms with van der Waals surface area (Å²) >= 11 is 0. The van der Waals surface area contributed by atoms with Gasteiger partial charge in [0.15, 0.2) is 0 Å². The van der Waals surface area contributed by atoms with Crippen molar-refractivity contribution in [3.05, 3.63) is 41.9 Å². The molecular formula is C15H24Cl2N6O. The second kappa shape index (κ2) is 10.1. The Morgan fingerprint density at radius 1 is 1.29 bits per heavy atom. The number of likely N-dealkylation sites (N-methyl/N-ethyl adjacent to an activating group) is 1. The fraction of sp³-hybridized carbons (Fsp3) is 0.400. The van der Waals surface area contributed by atoms with E-state index in [4.69, 9.17) is 0 Å². The number of rotatable bonds is 6. The summed E-state index contributed by atoms with van der Waals surface area (Å²) in [4.78, 5) is 18.6. The molecule has 1 atom stereocenters. The Morgan fingerprint density at radius 3 is 2.46 bits per heavy atom. The number of carbonyl (C=O) groups is 1. The molecule has 0 aromatic carbocycles. The first-order valence-electron chi connectivity index (χ1n) is 7.07. The lowest BCUT2D eigenvalue weighted by atomic mass is 10.1. The molecule has 2 aromatic rings. The van der Waals surface area contributed by atoms with E-state index in [9.17, 15) is 4.79 Å². The Balaban J connectivity index is 0.00000264. The molecule has 2 N–H and O–H groups in total. The number of hydrogen-bond acceptors (Lipinski definition) is 5.